The third-order valence-electron chi connectivity index (χ3n) is 2.63. The molecule has 0 aliphatic carbocycles. The maximum Gasteiger partial charge on any atom is 0.255 e. The molecule has 0 bridgehead atoms. The summed E-state index contributed by atoms with van der Waals surface area (Å²) in [5, 5.41) is 2.83. The zero-order valence-electron chi connectivity index (χ0n) is 10.6. The minimum absolute atomic E-state index is 0.227. The number of anilines is 2. The zero-order valence-corrected chi connectivity index (χ0v) is 13.8. The fourth-order valence-electron chi connectivity index (χ4n) is 1.66. The van der Waals surface area contributed by atoms with Crippen LogP contribution in [0.25, 0.3) is 0 Å². The van der Waals surface area contributed by atoms with Crippen LogP contribution in [0.4, 0.5) is 11.4 Å². The number of carbonyl (C=O) groups excluding carboxylic acids is 1. The third-order valence-corrected chi connectivity index (χ3v) is 3.89. The van der Waals surface area contributed by atoms with Gasteiger partial charge >= 0.3 is 0 Å². The van der Waals surface area contributed by atoms with Crippen LogP contribution < -0.4 is 15.8 Å². The molecule has 0 heterocycles. The molecule has 6 heteroatoms. The minimum atomic E-state index is -0.227. The Labute approximate surface area is 133 Å². The van der Waals surface area contributed by atoms with E-state index in [0.717, 1.165) is 0 Å². The molecule has 0 aromatic heterocycles. The number of nitrogens with two attached hydrogens (primary N) is 1. The van der Waals surface area contributed by atoms with Crippen molar-refractivity contribution in [3.8, 4) is 5.75 Å². The Kier molecular flexibility index (Phi) is 4.67. The maximum atomic E-state index is 12.2. The Bertz CT molecular complexity index is 636. The first-order chi connectivity index (χ1) is 9.51. The van der Waals surface area contributed by atoms with Crippen molar-refractivity contribution in [3.05, 3.63) is 50.9 Å². The van der Waals surface area contributed by atoms with E-state index in [4.69, 9.17) is 10.5 Å². The summed E-state index contributed by atoms with van der Waals surface area (Å²) in [4.78, 5) is 12.2. The van der Waals surface area contributed by atoms with E-state index in [1.165, 1.54) is 0 Å². The lowest BCUT2D eigenvalue weighted by atomic mass is 10.2. The van der Waals surface area contributed by atoms with E-state index in [-0.39, 0.29) is 5.91 Å². The first kappa shape index (κ1) is 14.9. The smallest absolute Gasteiger partial charge is 0.255 e. The summed E-state index contributed by atoms with van der Waals surface area (Å²) in [7, 11) is 1.56. The molecule has 0 unspecified atom stereocenters. The van der Waals surface area contributed by atoms with E-state index in [9.17, 15) is 4.79 Å². The van der Waals surface area contributed by atoms with Crippen molar-refractivity contribution in [1.82, 2.24) is 0 Å². The van der Waals surface area contributed by atoms with Gasteiger partial charge in [0.25, 0.3) is 5.91 Å². The summed E-state index contributed by atoms with van der Waals surface area (Å²) in [6.07, 6.45) is 0. The molecule has 3 N–H and O–H groups in total. The van der Waals surface area contributed by atoms with E-state index in [0.29, 0.717) is 31.6 Å². The van der Waals surface area contributed by atoms with Crippen molar-refractivity contribution in [2.24, 2.45) is 0 Å². The second kappa shape index (κ2) is 6.28. The molecule has 0 spiro atoms. The van der Waals surface area contributed by atoms with Crippen LogP contribution in [0.1, 0.15) is 10.4 Å². The van der Waals surface area contributed by atoms with Gasteiger partial charge in [-0.2, -0.15) is 0 Å². The van der Waals surface area contributed by atoms with Crippen LogP contribution in [0.3, 0.4) is 0 Å². The molecule has 4 nitrogen and oxygen atoms in total. The number of hydrogen-bond donors (Lipinski definition) is 2. The van der Waals surface area contributed by atoms with Crippen LogP contribution in [0.15, 0.2) is 45.3 Å². The molecule has 0 saturated heterocycles. The fourth-order valence-corrected chi connectivity index (χ4v) is 3.08. The van der Waals surface area contributed by atoms with E-state index in [1.54, 1.807) is 43.5 Å². The molecule has 2 aromatic carbocycles. The number of halogens is 2. The highest BCUT2D eigenvalue weighted by atomic mass is 79.9. The first-order valence-electron chi connectivity index (χ1n) is 5.71. The van der Waals surface area contributed by atoms with E-state index < -0.39 is 0 Å². The lowest BCUT2D eigenvalue weighted by molar-refractivity contribution is 0.102. The van der Waals surface area contributed by atoms with Gasteiger partial charge in [0, 0.05) is 20.2 Å². The number of ether oxygens (including phenoxy) is 1. The average molecular weight is 400 g/mol. The monoisotopic (exact) mass is 398 g/mol. The number of nitrogen functional groups attached to an aromatic ring is 1. The predicted octanol–water partition coefficient (Wildman–Crippen LogP) is 4.05. The highest BCUT2D eigenvalue weighted by Crippen LogP contribution is 2.33. The van der Waals surface area contributed by atoms with Crippen LogP contribution in [0.5, 0.6) is 5.75 Å². The summed E-state index contributed by atoms with van der Waals surface area (Å²) in [6, 6.07) is 10.4. The molecule has 0 aliphatic rings. The van der Waals surface area contributed by atoms with Crippen molar-refractivity contribution < 1.29 is 9.53 Å². The molecule has 0 aliphatic heterocycles. The van der Waals surface area contributed by atoms with Gasteiger partial charge in [-0.05, 0) is 62.2 Å². The molecule has 0 saturated carbocycles. The van der Waals surface area contributed by atoms with Crippen molar-refractivity contribution in [2.75, 3.05) is 18.2 Å². The lowest BCUT2D eigenvalue weighted by Gasteiger charge is -2.11. The fraction of sp³-hybridized carbons (Fsp3) is 0.0714. The van der Waals surface area contributed by atoms with E-state index in [1.807, 2.05) is 0 Å². The highest BCUT2D eigenvalue weighted by molar-refractivity contribution is 9.11. The largest absolute Gasteiger partial charge is 0.497 e. The second-order valence-corrected chi connectivity index (χ2v) is 5.75. The number of rotatable bonds is 3. The Hall–Kier alpha value is -1.53. The first-order valence-corrected chi connectivity index (χ1v) is 7.30. The number of methoxy groups -OCH3 is 1. The summed E-state index contributed by atoms with van der Waals surface area (Å²) in [5.41, 5.74) is 7.46. The molecule has 104 valence electrons. The van der Waals surface area contributed by atoms with Gasteiger partial charge in [0.2, 0.25) is 0 Å². The Morgan fingerprint density at radius 3 is 2.45 bits per heavy atom. The molecule has 20 heavy (non-hydrogen) atoms. The Morgan fingerprint density at radius 1 is 1.20 bits per heavy atom. The highest BCUT2D eigenvalue weighted by Gasteiger charge is 2.12. The van der Waals surface area contributed by atoms with Gasteiger partial charge in [0.1, 0.15) is 5.75 Å². The molecule has 1 amide bonds. The number of carbonyl (C=O) groups is 1. The van der Waals surface area contributed by atoms with Crippen molar-refractivity contribution >= 4 is 49.1 Å². The predicted molar refractivity (Wildman–Crippen MR) is 87.2 cm³/mol. The van der Waals surface area contributed by atoms with Gasteiger partial charge in [-0.15, -0.1) is 0 Å². The summed E-state index contributed by atoms with van der Waals surface area (Å²) < 4.78 is 6.52. The average Bonchev–Trinajstić information content (AvgIpc) is 2.42. The van der Waals surface area contributed by atoms with Crippen LogP contribution in [-0.2, 0) is 0 Å². The van der Waals surface area contributed by atoms with Gasteiger partial charge in [-0.3, -0.25) is 4.79 Å². The quantitative estimate of drug-likeness (QED) is 0.765. The summed E-state index contributed by atoms with van der Waals surface area (Å²) >= 11 is 6.76. The van der Waals surface area contributed by atoms with Gasteiger partial charge < -0.3 is 15.8 Å². The topological polar surface area (TPSA) is 64.3 Å². The Morgan fingerprint density at radius 2 is 1.85 bits per heavy atom. The molecular weight excluding hydrogens is 388 g/mol. The van der Waals surface area contributed by atoms with Crippen molar-refractivity contribution in [2.45, 2.75) is 0 Å². The second-order valence-electron chi connectivity index (χ2n) is 4.05. The van der Waals surface area contributed by atoms with Crippen LogP contribution >= 0.6 is 31.9 Å². The van der Waals surface area contributed by atoms with Gasteiger partial charge in [0.05, 0.1) is 12.8 Å². The lowest BCUT2D eigenvalue weighted by Crippen LogP contribution is -2.13. The van der Waals surface area contributed by atoms with Crippen LogP contribution in [-0.4, -0.2) is 13.0 Å². The van der Waals surface area contributed by atoms with E-state index >= 15 is 0 Å². The number of nitrogens with one attached hydrogen (secondary N) is 1. The number of amides is 1. The molecule has 0 atom stereocenters. The van der Waals surface area contributed by atoms with Crippen molar-refractivity contribution in [3.63, 3.8) is 0 Å². The van der Waals surface area contributed by atoms with E-state index in [2.05, 4.69) is 37.2 Å². The van der Waals surface area contributed by atoms with Gasteiger partial charge in [0.15, 0.2) is 0 Å². The van der Waals surface area contributed by atoms with Gasteiger partial charge in [-0.25, -0.2) is 0 Å². The normalized spacial score (nSPS) is 10.2. The third kappa shape index (κ3) is 3.32. The molecular formula is C14H12Br2N2O2. The molecule has 0 radical (unpaired) electrons. The maximum absolute atomic E-state index is 12.2. The molecule has 2 rings (SSSR count). The van der Waals surface area contributed by atoms with Crippen molar-refractivity contribution in [1.29, 1.82) is 0 Å². The minimum Gasteiger partial charge on any atom is -0.497 e. The molecule has 0 fully saturated rings. The van der Waals surface area contributed by atoms with Gasteiger partial charge in [-0.1, -0.05) is 6.07 Å². The SMILES string of the molecule is COc1cccc(C(=O)Nc2c(Br)cc(N)cc2Br)c1. The zero-order chi connectivity index (χ0) is 14.7. The Balaban J connectivity index is 2.28. The summed E-state index contributed by atoms with van der Waals surface area (Å²) in [6.45, 7) is 0. The van der Waals surface area contributed by atoms with Crippen LogP contribution in [0.2, 0.25) is 0 Å². The number of hydrogen-bond acceptors (Lipinski definition) is 3. The van der Waals surface area contributed by atoms with Crippen LogP contribution in [0, 0.1) is 0 Å². The molecule has 2 aromatic rings. The standard InChI is InChI=1S/C14H12Br2N2O2/c1-20-10-4-2-3-8(5-10)14(19)18-13-11(15)6-9(17)7-12(13)16/h2-7H,17H2,1H3,(H,18,19). The summed E-state index contributed by atoms with van der Waals surface area (Å²) in [5.74, 6) is 0.406. The number of benzene rings is 2.